The average molecular weight is 388 g/mol. The van der Waals surface area contributed by atoms with Crippen LogP contribution in [-0.2, 0) is 14.3 Å². The van der Waals surface area contributed by atoms with Crippen LogP contribution < -0.4 is 10.6 Å². The van der Waals surface area contributed by atoms with E-state index in [1.54, 1.807) is 17.5 Å². The maximum absolute atomic E-state index is 12.2. The number of hydrogen-bond acceptors (Lipinski definition) is 5. The number of esters is 1. The predicted molar refractivity (Wildman–Crippen MR) is 104 cm³/mol. The number of rotatable bonds is 9. The van der Waals surface area contributed by atoms with Gasteiger partial charge in [-0.15, -0.1) is 11.3 Å². The smallest absolute Gasteiger partial charge is 0.325 e. The summed E-state index contributed by atoms with van der Waals surface area (Å²) in [4.78, 5) is 36.2. The van der Waals surface area contributed by atoms with E-state index in [4.69, 9.17) is 4.74 Å². The zero-order valence-electron chi connectivity index (χ0n) is 15.4. The minimum Gasteiger partial charge on any atom is -0.454 e. The highest BCUT2D eigenvalue weighted by Gasteiger charge is 2.17. The lowest BCUT2D eigenvalue weighted by Crippen LogP contribution is -2.35. The van der Waals surface area contributed by atoms with Crippen LogP contribution in [0.4, 0.5) is 0 Å². The third-order valence-electron chi connectivity index (χ3n) is 3.75. The number of amides is 2. The molecule has 1 heterocycles. The van der Waals surface area contributed by atoms with Crippen molar-refractivity contribution in [2.45, 2.75) is 26.3 Å². The maximum atomic E-state index is 12.2. The Morgan fingerprint density at radius 3 is 2.44 bits per heavy atom. The molecule has 0 aliphatic carbocycles. The number of hydrogen-bond donors (Lipinski definition) is 2. The van der Waals surface area contributed by atoms with Crippen LogP contribution in [0.3, 0.4) is 0 Å². The first kappa shape index (κ1) is 20.6. The quantitative estimate of drug-likeness (QED) is 0.647. The molecule has 0 radical (unpaired) electrons. The molecular formula is C20H24N2O4S. The van der Waals surface area contributed by atoms with Gasteiger partial charge in [-0.3, -0.25) is 14.4 Å². The second-order valence-electron chi connectivity index (χ2n) is 6.48. The molecule has 1 aromatic heterocycles. The molecule has 0 saturated heterocycles. The van der Waals surface area contributed by atoms with Crippen molar-refractivity contribution < 1.29 is 19.1 Å². The molecule has 1 aromatic carbocycles. The van der Waals surface area contributed by atoms with E-state index in [0.717, 1.165) is 12.0 Å². The van der Waals surface area contributed by atoms with Gasteiger partial charge in [0.15, 0.2) is 6.61 Å². The zero-order valence-corrected chi connectivity index (χ0v) is 16.3. The van der Waals surface area contributed by atoms with Gasteiger partial charge in [-0.2, -0.15) is 0 Å². The fourth-order valence-electron chi connectivity index (χ4n) is 2.52. The van der Waals surface area contributed by atoms with E-state index in [9.17, 15) is 14.4 Å². The van der Waals surface area contributed by atoms with Gasteiger partial charge in [-0.25, -0.2) is 0 Å². The molecule has 2 rings (SSSR count). The summed E-state index contributed by atoms with van der Waals surface area (Å²) >= 11 is 1.28. The molecule has 0 aliphatic rings. The first-order valence-electron chi connectivity index (χ1n) is 8.77. The highest BCUT2D eigenvalue weighted by Crippen LogP contribution is 2.20. The van der Waals surface area contributed by atoms with Crippen molar-refractivity contribution in [1.82, 2.24) is 10.6 Å². The second-order valence-corrected chi connectivity index (χ2v) is 7.43. The molecule has 144 valence electrons. The molecular weight excluding hydrogens is 364 g/mol. The summed E-state index contributed by atoms with van der Waals surface area (Å²) in [6.45, 7) is 3.50. The Morgan fingerprint density at radius 1 is 1.07 bits per heavy atom. The third kappa shape index (κ3) is 7.22. The number of benzene rings is 1. The first-order chi connectivity index (χ1) is 13.0. The number of ether oxygens (including phenoxy) is 1. The minimum atomic E-state index is -0.657. The van der Waals surface area contributed by atoms with Crippen LogP contribution in [0.2, 0.25) is 0 Å². The zero-order chi connectivity index (χ0) is 19.6. The SMILES string of the molecule is CC(C)C[C@@H](NC(=O)COC(=O)CNC(=O)c1cccs1)c1ccccc1. The molecule has 0 saturated carbocycles. The third-order valence-corrected chi connectivity index (χ3v) is 4.62. The van der Waals surface area contributed by atoms with E-state index < -0.39 is 5.97 Å². The monoisotopic (exact) mass is 388 g/mol. The number of carbonyl (C=O) groups is 3. The molecule has 2 N–H and O–H groups in total. The minimum absolute atomic E-state index is 0.143. The van der Waals surface area contributed by atoms with E-state index in [0.29, 0.717) is 10.8 Å². The van der Waals surface area contributed by atoms with Crippen LogP contribution in [0.5, 0.6) is 0 Å². The number of carbonyl (C=O) groups excluding carboxylic acids is 3. The lowest BCUT2D eigenvalue weighted by atomic mass is 9.97. The van der Waals surface area contributed by atoms with Crippen molar-refractivity contribution in [3.05, 3.63) is 58.3 Å². The largest absolute Gasteiger partial charge is 0.454 e. The summed E-state index contributed by atoms with van der Waals surface area (Å²) in [7, 11) is 0. The van der Waals surface area contributed by atoms with E-state index in [2.05, 4.69) is 24.5 Å². The normalized spacial score (nSPS) is 11.7. The maximum Gasteiger partial charge on any atom is 0.325 e. The van der Waals surface area contributed by atoms with Crippen LogP contribution in [-0.4, -0.2) is 30.9 Å². The van der Waals surface area contributed by atoms with E-state index >= 15 is 0 Å². The average Bonchev–Trinajstić information content (AvgIpc) is 3.19. The Morgan fingerprint density at radius 2 is 1.81 bits per heavy atom. The van der Waals surface area contributed by atoms with Crippen molar-refractivity contribution in [1.29, 1.82) is 0 Å². The van der Waals surface area contributed by atoms with Gasteiger partial charge in [0.25, 0.3) is 11.8 Å². The summed E-state index contributed by atoms with van der Waals surface area (Å²) < 4.78 is 4.95. The summed E-state index contributed by atoms with van der Waals surface area (Å²) in [5.74, 6) is -0.976. The van der Waals surface area contributed by atoms with Crippen molar-refractivity contribution in [3.8, 4) is 0 Å². The number of thiophene rings is 1. The van der Waals surface area contributed by atoms with Crippen molar-refractivity contribution >= 4 is 29.1 Å². The van der Waals surface area contributed by atoms with Gasteiger partial charge in [0, 0.05) is 0 Å². The standard InChI is InChI=1S/C20H24N2O4S/c1-14(2)11-16(15-7-4-3-5-8-15)22-18(23)13-26-19(24)12-21-20(25)17-9-6-10-27-17/h3-10,14,16H,11-13H2,1-2H3,(H,21,25)(H,22,23)/t16-/m1/s1. The van der Waals surface area contributed by atoms with Crippen LogP contribution in [0.1, 0.15) is 41.5 Å². The van der Waals surface area contributed by atoms with E-state index in [1.165, 1.54) is 11.3 Å². The Hall–Kier alpha value is -2.67. The lowest BCUT2D eigenvalue weighted by Gasteiger charge is -2.21. The second kappa shape index (κ2) is 10.5. The molecule has 7 heteroatoms. The molecule has 0 unspecified atom stereocenters. The van der Waals surface area contributed by atoms with Gasteiger partial charge in [0.05, 0.1) is 10.9 Å². The Labute approximate surface area is 162 Å². The van der Waals surface area contributed by atoms with Crippen LogP contribution in [0.15, 0.2) is 47.8 Å². The van der Waals surface area contributed by atoms with Gasteiger partial charge >= 0.3 is 5.97 Å². The Balaban J connectivity index is 1.77. The molecule has 6 nitrogen and oxygen atoms in total. The van der Waals surface area contributed by atoms with Crippen molar-refractivity contribution in [2.24, 2.45) is 5.92 Å². The summed E-state index contributed by atoms with van der Waals surface area (Å²) in [6, 6.07) is 13.0. The van der Waals surface area contributed by atoms with E-state index in [-0.39, 0.29) is 31.0 Å². The van der Waals surface area contributed by atoms with Crippen molar-refractivity contribution in [3.63, 3.8) is 0 Å². The van der Waals surface area contributed by atoms with Gasteiger partial charge in [-0.1, -0.05) is 50.2 Å². The fraction of sp³-hybridized carbons (Fsp3) is 0.350. The topological polar surface area (TPSA) is 84.5 Å². The van der Waals surface area contributed by atoms with Gasteiger partial charge < -0.3 is 15.4 Å². The molecule has 1 atom stereocenters. The first-order valence-corrected chi connectivity index (χ1v) is 9.65. The Kier molecular flexibility index (Phi) is 8.00. The van der Waals surface area contributed by atoms with Crippen molar-refractivity contribution in [2.75, 3.05) is 13.2 Å². The van der Waals surface area contributed by atoms with Crippen LogP contribution in [0, 0.1) is 5.92 Å². The summed E-state index contributed by atoms with van der Waals surface area (Å²) in [6.07, 6.45) is 0.778. The Bertz CT molecular complexity index is 745. The lowest BCUT2D eigenvalue weighted by molar-refractivity contribution is -0.147. The van der Waals surface area contributed by atoms with Gasteiger partial charge in [0.1, 0.15) is 6.54 Å². The fourth-order valence-corrected chi connectivity index (χ4v) is 3.16. The van der Waals surface area contributed by atoms with Crippen LogP contribution >= 0.6 is 11.3 Å². The molecule has 27 heavy (non-hydrogen) atoms. The number of nitrogens with one attached hydrogen (secondary N) is 2. The summed E-state index contributed by atoms with van der Waals surface area (Å²) in [5.41, 5.74) is 1.01. The predicted octanol–water partition coefficient (Wildman–Crippen LogP) is 2.92. The van der Waals surface area contributed by atoms with Crippen LogP contribution in [0.25, 0.3) is 0 Å². The molecule has 0 bridgehead atoms. The molecule has 2 amide bonds. The highest BCUT2D eigenvalue weighted by molar-refractivity contribution is 7.12. The summed E-state index contributed by atoms with van der Waals surface area (Å²) in [5, 5.41) is 7.15. The van der Waals surface area contributed by atoms with E-state index in [1.807, 2.05) is 30.3 Å². The van der Waals surface area contributed by atoms with Gasteiger partial charge in [-0.05, 0) is 29.3 Å². The van der Waals surface area contributed by atoms with Gasteiger partial charge in [0.2, 0.25) is 0 Å². The highest BCUT2D eigenvalue weighted by atomic mass is 32.1. The molecule has 0 spiro atoms. The molecule has 0 aliphatic heterocycles. The molecule has 2 aromatic rings. The molecule has 0 fully saturated rings.